The molecule has 11 heteroatoms. The van der Waals surface area contributed by atoms with Gasteiger partial charge in [-0.15, -0.1) is 12.3 Å². The Bertz CT molecular complexity index is 979. The number of unbranched alkanes of at least 4 members (excludes halogenated alkanes) is 3. The van der Waals surface area contributed by atoms with Gasteiger partial charge in [-0.05, 0) is 24.6 Å². The quantitative estimate of drug-likeness (QED) is 0.181. The van der Waals surface area contributed by atoms with Crippen LogP contribution in [0.4, 0.5) is 10.1 Å². The van der Waals surface area contributed by atoms with Crippen LogP contribution in [-0.2, 0) is 25.8 Å². The third-order valence-corrected chi connectivity index (χ3v) is 6.05. The molecule has 0 bridgehead atoms. The molecule has 5 N–H and O–H groups in total. The van der Waals surface area contributed by atoms with Crippen LogP contribution in [-0.4, -0.2) is 68.8 Å². The Morgan fingerprint density at radius 1 is 1.16 bits per heavy atom. The summed E-state index contributed by atoms with van der Waals surface area (Å²) >= 11 is 0. The van der Waals surface area contributed by atoms with E-state index in [1.165, 1.54) is 18.2 Å². The van der Waals surface area contributed by atoms with Gasteiger partial charge in [-0.3, -0.25) is 9.59 Å². The second kappa shape index (κ2) is 14.6. The molecular weight excluding hydrogens is 489 g/mol. The molecule has 0 radical (unpaired) electrons. The third kappa shape index (κ3) is 8.50. The lowest BCUT2D eigenvalue weighted by molar-refractivity contribution is -0.271. The normalized spacial score (nSPS) is 24.1. The lowest BCUT2D eigenvalue weighted by Gasteiger charge is -2.38. The maximum atomic E-state index is 13.8. The molecule has 10 nitrogen and oxygen atoms in total. The number of aliphatic hydroxyl groups excluding tert-OH is 3. The molecule has 1 aromatic rings. The fourth-order valence-corrected chi connectivity index (χ4v) is 3.92. The number of Topliss-reactive ketones (excluding diaryl/α,β-unsaturated/α-hetero) is 1. The van der Waals surface area contributed by atoms with Crippen molar-refractivity contribution in [2.45, 2.75) is 89.2 Å². The Labute approximate surface area is 214 Å². The van der Waals surface area contributed by atoms with Gasteiger partial charge >= 0.3 is 5.97 Å². The maximum absolute atomic E-state index is 13.8. The van der Waals surface area contributed by atoms with Crippen LogP contribution in [0.1, 0.15) is 57.4 Å². The Hall–Kier alpha value is -3.04. The van der Waals surface area contributed by atoms with Crippen molar-refractivity contribution >= 4 is 23.3 Å². The number of amides is 1. The number of hydrogen-bond acceptors (Lipinski definition) is 8. The first kappa shape index (κ1) is 30.2. The van der Waals surface area contributed by atoms with Gasteiger partial charge in [-0.25, -0.2) is 9.18 Å². The summed E-state index contributed by atoms with van der Waals surface area (Å²) in [6.45, 7) is 1.01. The van der Waals surface area contributed by atoms with Crippen LogP contribution >= 0.6 is 0 Å². The van der Waals surface area contributed by atoms with Crippen molar-refractivity contribution in [3.05, 3.63) is 23.8 Å². The second-order valence-corrected chi connectivity index (χ2v) is 8.96. The van der Waals surface area contributed by atoms with E-state index in [0.29, 0.717) is 6.42 Å². The molecule has 37 heavy (non-hydrogen) atoms. The van der Waals surface area contributed by atoms with E-state index >= 15 is 0 Å². The molecule has 1 fully saturated rings. The van der Waals surface area contributed by atoms with Crippen LogP contribution < -0.4 is 10.1 Å². The first-order valence-corrected chi connectivity index (χ1v) is 12.2. The minimum atomic E-state index is -1.90. The van der Waals surface area contributed by atoms with E-state index in [1.807, 2.05) is 0 Å². The number of aliphatic carboxylic acids is 1. The molecule has 1 aliphatic heterocycles. The average Bonchev–Trinajstić information content (AvgIpc) is 2.87. The summed E-state index contributed by atoms with van der Waals surface area (Å²) in [5.41, 5.74) is 0.132. The number of rotatable bonds is 14. The van der Waals surface area contributed by atoms with Gasteiger partial charge in [0.05, 0.1) is 5.92 Å². The standard InChI is InChI=1S/C26H34FNO9/c1-3-5-6-7-9-18(29)13-15(8-4-2)24(33)28-17-10-11-19(16(12-17)14-27)36-26-22(32)20(30)21(31)23(37-26)25(34)35/h2,10-12,15,20-23,26,30-32H,3,5-9,13-14H2,1H3,(H,28,33)(H,34,35). The molecule has 0 spiro atoms. The summed E-state index contributed by atoms with van der Waals surface area (Å²) in [6.07, 6.45) is 0.381. The van der Waals surface area contributed by atoms with E-state index in [1.54, 1.807) is 0 Å². The van der Waals surface area contributed by atoms with Crippen LogP contribution in [0, 0.1) is 18.3 Å². The number of ether oxygens (including phenoxy) is 2. The number of hydrogen-bond donors (Lipinski definition) is 5. The number of terminal acetylenes is 1. The molecule has 0 saturated carbocycles. The predicted octanol–water partition coefficient (Wildman–Crippen LogP) is 1.93. The van der Waals surface area contributed by atoms with Crippen LogP contribution in [0.25, 0.3) is 0 Å². The molecule has 1 saturated heterocycles. The molecule has 2 rings (SSSR count). The molecule has 1 amide bonds. The number of carboxylic acids is 1. The molecule has 1 aliphatic rings. The number of alkyl halides is 1. The van der Waals surface area contributed by atoms with Gasteiger partial charge in [-0.1, -0.05) is 26.2 Å². The maximum Gasteiger partial charge on any atom is 0.335 e. The molecule has 6 atom stereocenters. The number of nitrogens with one attached hydrogen (secondary N) is 1. The predicted molar refractivity (Wildman–Crippen MR) is 130 cm³/mol. The van der Waals surface area contributed by atoms with E-state index in [9.17, 15) is 34.1 Å². The Kier molecular flexibility index (Phi) is 11.9. The minimum Gasteiger partial charge on any atom is -0.479 e. The number of carboxylic acid groups (broad SMARTS) is 1. The lowest BCUT2D eigenvalue weighted by Crippen LogP contribution is -2.61. The van der Waals surface area contributed by atoms with E-state index in [4.69, 9.17) is 21.0 Å². The highest BCUT2D eigenvalue weighted by Crippen LogP contribution is 2.29. The summed E-state index contributed by atoms with van der Waals surface area (Å²) in [5, 5.41) is 41.6. The van der Waals surface area contributed by atoms with E-state index in [-0.39, 0.29) is 35.6 Å². The number of carbonyl (C=O) groups is 3. The number of anilines is 1. The van der Waals surface area contributed by atoms with Crippen molar-refractivity contribution in [2.24, 2.45) is 5.92 Å². The van der Waals surface area contributed by atoms with Crippen molar-refractivity contribution in [3.8, 4) is 18.1 Å². The Balaban J connectivity index is 2.08. The second-order valence-electron chi connectivity index (χ2n) is 8.96. The average molecular weight is 524 g/mol. The highest BCUT2D eigenvalue weighted by atomic mass is 19.1. The number of carbonyl (C=O) groups excluding carboxylic acids is 2. The van der Waals surface area contributed by atoms with Gasteiger partial charge in [0.2, 0.25) is 12.2 Å². The fraction of sp³-hybridized carbons (Fsp3) is 0.577. The number of halogens is 1. The van der Waals surface area contributed by atoms with Crippen LogP contribution in [0.5, 0.6) is 5.75 Å². The number of benzene rings is 1. The van der Waals surface area contributed by atoms with Gasteiger partial charge in [0.25, 0.3) is 0 Å². The first-order valence-electron chi connectivity index (χ1n) is 12.2. The number of ketones is 1. The third-order valence-electron chi connectivity index (χ3n) is 6.05. The molecule has 1 aromatic carbocycles. The van der Waals surface area contributed by atoms with Crippen molar-refractivity contribution in [3.63, 3.8) is 0 Å². The van der Waals surface area contributed by atoms with Gasteiger partial charge in [0.1, 0.15) is 36.5 Å². The monoisotopic (exact) mass is 523 g/mol. The highest BCUT2D eigenvalue weighted by molar-refractivity contribution is 5.95. The highest BCUT2D eigenvalue weighted by Gasteiger charge is 2.48. The molecule has 204 valence electrons. The van der Waals surface area contributed by atoms with Gasteiger partial charge in [0, 0.05) is 30.5 Å². The van der Waals surface area contributed by atoms with Crippen molar-refractivity contribution < 1.29 is 48.7 Å². The SMILES string of the molecule is C#CCC(CC(=O)CCCCCC)C(=O)Nc1ccc(OC2OC(C(=O)O)C(O)C(O)C2O)c(CF)c1. The summed E-state index contributed by atoms with van der Waals surface area (Å²) in [4.78, 5) is 36.3. The topological polar surface area (TPSA) is 163 Å². The van der Waals surface area contributed by atoms with Crippen LogP contribution in [0.15, 0.2) is 18.2 Å². The van der Waals surface area contributed by atoms with Crippen molar-refractivity contribution in [1.82, 2.24) is 0 Å². The van der Waals surface area contributed by atoms with Gasteiger partial charge in [-0.2, -0.15) is 0 Å². The molecule has 0 aliphatic carbocycles. The molecular formula is C26H34FNO9. The summed E-state index contributed by atoms with van der Waals surface area (Å²) in [7, 11) is 0. The molecule has 1 heterocycles. The Morgan fingerprint density at radius 3 is 2.51 bits per heavy atom. The smallest absolute Gasteiger partial charge is 0.335 e. The van der Waals surface area contributed by atoms with Crippen LogP contribution in [0.3, 0.4) is 0 Å². The zero-order chi connectivity index (χ0) is 27.5. The van der Waals surface area contributed by atoms with E-state index in [2.05, 4.69) is 18.2 Å². The summed E-state index contributed by atoms with van der Waals surface area (Å²) in [5.74, 6) is -0.623. The van der Waals surface area contributed by atoms with Gasteiger partial charge in [0.15, 0.2) is 6.10 Å². The van der Waals surface area contributed by atoms with E-state index < -0.39 is 55.2 Å². The molecule has 6 unspecified atom stereocenters. The van der Waals surface area contributed by atoms with E-state index in [0.717, 1.165) is 25.7 Å². The largest absolute Gasteiger partial charge is 0.479 e. The summed E-state index contributed by atoms with van der Waals surface area (Å²) in [6, 6.07) is 3.91. The minimum absolute atomic E-state index is 0.00481. The lowest BCUT2D eigenvalue weighted by atomic mass is 9.95. The van der Waals surface area contributed by atoms with Crippen molar-refractivity contribution in [1.29, 1.82) is 0 Å². The first-order chi connectivity index (χ1) is 17.6. The molecule has 0 aromatic heterocycles. The zero-order valence-electron chi connectivity index (χ0n) is 20.6. The van der Waals surface area contributed by atoms with Crippen molar-refractivity contribution in [2.75, 3.05) is 5.32 Å². The van der Waals surface area contributed by atoms with Crippen LogP contribution in [0.2, 0.25) is 0 Å². The number of aliphatic hydroxyl groups is 3. The zero-order valence-corrected chi connectivity index (χ0v) is 20.6. The fourth-order valence-electron chi connectivity index (χ4n) is 3.92. The van der Waals surface area contributed by atoms with Gasteiger partial charge < -0.3 is 35.2 Å². The Morgan fingerprint density at radius 2 is 1.89 bits per heavy atom. The summed E-state index contributed by atoms with van der Waals surface area (Å²) < 4.78 is 24.2.